The molecule has 134 valence electrons. The van der Waals surface area contributed by atoms with Crippen molar-refractivity contribution >= 4 is 28.6 Å². The number of thioether (sulfide) groups is 1. The molecule has 1 amide bonds. The predicted octanol–water partition coefficient (Wildman–Crippen LogP) is 3.69. The molecule has 1 aliphatic heterocycles. The van der Waals surface area contributed by atoms with Crippen LogP contribution in [0.4, 0.5) is 0 Å². The molecule has 1 fully saturated rings. The highest BCUT2D eigenvalue weighted by atomic mass is 32.2. The molecule has 0 radical (unpaired) electrons. The van der Waals surface area contributed by atoms with Crippen molar-refractivity contribution in [1.29, 1.82) is 0 Å². The number of H-pyrrole nitrogens is 1. The number of carbonyl (C=O) groups is 1. The minimum Gasteiger partial charge on any atom is -0.473 e. The fraction of sp³-hybridized carbons (Fsp3) is 0.300. The molecule has 2 aromatic heterocycles. The van der Waals surface area contributed by atoms with Crippen molar-refractivity contribution in [3.63, 3.8) is 0 Å². The molecule has 0 saturated carbocycles. The third-order valence-electron chi connectivity index (χ3n) is 4.45. The summed E-state index contributed by atoms with van der Waals surface area (Å²) in [5.74, 6) is 2.60. The van der Waals surface area contributed by atoms with E-state index in [9.17, 15) is 4.79 Å². The lowest BCUT2D eigenvalue weighted by molar-refractivity contribution is 0.0950. The zero-order valence-corrected chi connectivity index (χ0v) is 15.4. The first-order valence-electron chi connectivity index (χ1n) is 8.74. The first-order valence-corrected chi connectivity index (χ1v) is 9.90. The second-order valence-corrected chi connectivity index (χ2v) is 7.70. The summed E-state index contributed by atoms with van der Waals surface area (Å²) < 4.78 is 5.82. The monoisotopic (exact) mass is 367 g/mol. The average molecular weight is 367 g/mol. The van der Waals surface area contributed by atoms with E-state index in [4.69, 9.17) is 4.74 Å². The fourth-order valence-electron chi connectivity index (χ4n) is 3.08. The molecule has 1 aromatic carbocycles. The van der Waals surface area contributed by atoms with E-state index in [1.165, 1.54) is 0 Å². The first-order chi connectivity index (χ1) is 12.7. The molecule has 1 aliphatic rings. The Morgan fingerprint density at radius 3 is 3.04 bits per heavy atom. The molecular weight excluding hydrogens is 346 g/mol. The van der Waals surface area contributed by atoms with Crippen LogP contribution in [0.3, 0.4) is 0 Å². The maximum atomic E-state index is 12.3. The standard InChI is InChI=1S/C20H21N3O2S/c1-13-8-16-9-14(2-4-18(16)23-13)10-22-20(24)15-3-5-19(21-11-15)25-17-6-7-26-12-17/h2-5,8-9,11,17,23H,6-7,10,12H2,1H3,(H,22,24)/t17-/m0/s1. The lowest BCUT2D eigenvalue weighted by Gasteiger charge is -2.11. The third-order valence-corrected chi connectivity index (χ3v) is 5.58. The molecule has 2 N–H and O–H groups in total. The van der Waals surface area contributed by atoms with E-state index >= 15 is 0 Å². The van der Waals surface area contributed by atoms with Crippen molar-refractivity contribution in [3.8, 4) is 5.88 Å². The summed E-state index contributed by atoms with van der Waals surface area (Å²) in [5.41, 5.74) is 3.84. The quantitative estimate of drug-likeness (QED) is 0.722. The lowest BCUT2D eigenvalue weighted by atomic mass is 10.1. The van der Waals surface area contributed by atoms with Crippen molar-refractivity contribution < 1.29 is 9.53 Å². The zero-order chi connectivity index (χ0) is 17.9. The lowest BCUT2D eigenvalue weighted by Crippen LogP contribution is -2.23. The number of carbonyl (C=O) groups excluding carboxylic acids is 1. The SMILES string of the molecule is Cc1cc2cc(CNC(=O)c3ccc(O[C@H]4CCSC4)nc3)ccc2[nH]1. The minimum atomic E-state index is -0.134. The highest BCUT2D eigenvalue weighted by Crippen LogP contribution is 2.22. The Balaban J connectivity index is 1.36. The normalized spacial score (nSPS) is 16.7. The number of rotatable bonds is 5. The van der Waals surface area contributed by atoms with Gasteiger partial charge in [0.25, 0.3) is 5.91 Å². The largest absolute Gasteiger partial charge is 0.473 e. The van der Waals surface area contributed by atoms with E-state index in [2.05, 4.69) is 27.4 Å². The van der Waals surface area contributed by atoms with Gasteiger partial charge in [0, 0.05) is 35.8 Å². The van der Waals surface area contributed by atoms with Crippen LogP contribution in [-0.4, -0.2) is 33.5 Å². The molecule has 0 bridgehead atoms. The number of ether oxygens (including phenoxy) is 1. The predicted molar refractivity (Wildman–Crippen MR) is 105 cm³/mol. The van der Waals surface area contributed by atoms with E-state index < -0.39 is 0 Å². The molecule has 0 unspecified atom stereocenters. The highest BCUT2D eigenvalue weighted by molar-refractivity contribution is 7.99. The van der Waals surface area contributed by atoms with Crippen LogP contribution < -0.4 is 10.1 Å². The highest BCUT2D eigenvalue weighted by Gasteiger charge is 2.17. The van der Waals surface area contributed by atoms with Gasteiger partial charge in [0.15, 0.2) is 0 Å². The average Bonchev–Trinajstić information content (AvgIpc) is 3.28. The summed E-state index contributed by atoms with van der Waals surface area (Å²) in [6, 6.07) is 11.8. The van der Waals surface area contributed by atoms with Gasteiger partial charge >= 0.3 is 0 Å². The van der Waals surface area contributed by atoms with Gasteiger partial charge in [-0.1, -0.05) is 6.07 Å². The van der Waals surface area contributed by atoms with Gasteiger partial charge in [0.2, 0.25) is 5.88 Å². The number of nitrogens with one attached hydrogen (secondary N) is 2. The van der Waals surface area contributed by atoms with E-state index in [1.807, 2.05) is 30.8 Å². The number of pyridine rings is 1. The number of fused-ring (bicyclic) bond motifs is 1. The topological polar surface area (TPSA) is 67.0 Å². The van der Waals surface area contributed by atoms with E-state index in [-0.39, 0.29) is 12.0 Å². The van der Waals surface area contributed by atoms with Gasteiger partial charge in [-0.05, 0) is 54.3 Å². The Labute approximate surface area is 156 Å². The smallest absolute Gasteiger partial charge is 0.253 e. The number of aryl methyl sites for hydroxylation is 1. The third kappa shape index (κ3) is 3.85. The second kappa shape index (κ2) is 7.41. The maximum Gasteiger partial charge on any atom is 0.253 e. The van der Waals surface area contributed by atoms with E-state index in [0.717, 1.165) is 40.1 Å². The van der Waals surface area contributed by atoms with Crippen molar-refractivity contribution in [3.05, 3.63) is 59.4 Å². The molecule has 5 nitrogen and oxygen atoms in total. The molecule has 3 heterocycles. The molecule has 26 heavy (non-hydrogen) atoms. The Hall–Kier alpha value is -2.47. The molecule has 1 saturated heterocycles. The fourth-order valence-corrected chi connectivity index (χ4v) is 4.18. The van der Waals surface area contributed by atoms with Crippen LogP contribution in [0, 0.1) is 6.92 Å². The van der Waals surface area contributed by atoms with Crippen molar-refractivity contribution in [2.24, 2.45) is 0 Å². The zero-order valence-electron chi connectivity index (χ0n) is 14.6. The number of amides is 1. The Morgan fingerprint density at radius 2 is 2.27 bits per heavy atom. The van der Waals surface area contributed by atoms with Crippen LogP contribution in [0.15, 0.2) is 42.6 Å². The van der Waals surface area contributed by atoms with Gasteiger partial charge in [-0.2, -0.15) is 11.8 Å². The van der Waals surface area contributed by atoms with Crippen molar-refractivity contribution in [2.45, 2.75) is 26.0 Å². The van der Waals surface area contributed by atoms with Gasteiger partial charge in [-0.15, -0.1) is 0 Å². The summed E-state index contributed by atoms with van der Waals surface area (Å²) in [4.78, 5) is 19.9. The molecule has 0 spiro atoms. The molecule has 6 heteroatoms. The number of hydrogen-bond acceptors (Lipinski definition) is 4. The summed E-state index contributed by atoms with van der Waals surface area (Å²) in [6.45, 7) is 2.52. The number of aromatic nitrogens is 2. The molecule has 1 atom stereocenters. The van der Waals surface area contributed by atoms with E-state index in [0.29, 0.717) is 18.0 Å². The number of nitrogens with zero attached hydrogens (tertiary/aromatic N) is 1. The molecule has 0 aliphatic carbocycles. The van der Waals surface area contributed by atoms with Crippen LogP contribution in [0.25, 0.3) is 10.9 Å². The van der Waals surface area contributed by atoms with Gasteiger partial charge in [-0.25, -0.2) is 4.98 Å². The van der Waals surface area contributed by atoms with Crippen LogP contribution in [0.5, 0.6) is 5.88 Å². The van der Waals surface area contributed by atoms with Crippen molar-refractivity contribution in [2.75, 3.05) is 11.5 Å². The number of aromatic amines is 1. The Kier molecular flexibility index (Phi) is 4.84. The minimum absolute atomic E-state index is 0.134. The number of hydrogen-bond donors (Lipinski definition) is 2. The maximum absolute atomic E-state index is 12.3. The van der Waals surface area contributed by atoms with Gasteiger partial charge in [0.05, 0.1) is 5.56 Å². The van der Waals surface area contributed by atoms with E-state index in [1.54, 1.807) is 18.3 Å². The molecule has 4 rings (SSSR count). The second-order valence-electron chi connectivity index (χ2n) is 6.55. The van der Waals surface area contributed by atoms with Gasteiger partial charge in [-0.3, -0.25) is 4.79 Å². The summed E-state index contributed by atoms with van der Waals surface area (Å²) >= 11 is 1.90. The first kappa shape index (κ1) is 17.0. The van der Waals surface area contributed by atoms with Gasteiger partial charge < -0.3 is 15.0 Å². The van der Waals surface area contributed by atoms with Crippen molar-refractivity contribution in [1.82, 2.24) is 15.3 Å². The molecular formula is C20H21N3O2S. The Bertz CT molecular complexity index is 914. The van der Waals surface area contributed by atoms with Crippen LogP contribution >= 0.6 is 11.8 Å². The Morgan fingerprint density at radius 1 is 1.35 bits per heavy atom. The van der Waals surface area contributed by atoms with Crippen LogP contribution in [0.2, 0.25) is 0 Å². The van der Waals surface area contributed by atoms with Crippen LogP contribution in [-0.2, 0) is 6.54 Å². The van der Waals surface area contributed by atoms with Gasteiger partial charge in [0.1, 0.15) is 6.10 Å². The number of benzene rings is 1. The van der Waals surface area contributed by atoms with Crippen LogP contribution in [0.1, 0.15) is 28.0 Å². The summed E-state index contributed by atoms with van der Waals surface area (Å²) in [7, 11) is 0. The summed E-state index contributed by atoms with van der Waals surface area (Å²) in [6.07, 6.45) is 2.87. The summed E-state index contributed by atoms with van der Waals surface area (Å²) in [5, 5.41) is 4.10. The molecule has 3 aromatic rings.